The third-order valence-corrected chi connectivity index (χ3v) is 8.42. The number of ether oxygens (including phenoxy) is 2. The van der Waals surface area contributed by atoms with Gasteiger partial charge in [0.05, 0.1) is 12.7 Å². The fourth-order valence-corrected chi connectivity index (χ4v) is 6.46. The molecule has 0 saturated heterocycles. The van der Waals surface area contributed by atoms with E-state index in [0.29, 0.717) is 5.69 Å². The van der Waals surface area contributed by atoms with Crippen LogP contribution < -0.4 is 0 Å². The molecule has 0 aliphatic heterocycles. The first-order valence-corrected chi connectivity index (χ1v) is 15.7. The topological polar surface area (TPSA) is 104 Å². The lowest BCUT2D eigenvalue weighted by molar-refractivity contribution is -0.147. The van der Waals surface area contributed by atoms with E-state index in [-0.39, 0.29) is 31.3 Å². The van der Waals surface area contributed by atoms with Gasteiger partial charge in [-0.25, -0.2) is 9.48 Å². The summed E-state index contributed by atoms with van der Waals surface area (Å²) in [6, 6.07) is 0. The molecule has 11 heteroatoms. The minimum atomic E-state index is -0.954. The zero-order valence-corrected chi connectivity index (χ0v) is 25.9. The van der Waals surface area contributed by atoms with E-state index in [2.05, 4.69) is 23.8 Å². The van der Waals surface area contributed by atoms with E-state index in [9.17, 15) is 14.7 Å². The highest BCUT2D eigenvalue weighted by molar-refractivity contribution is 8.47. The fourth-order valence-electron chi connectivity index (χ4n) is 3.40. The number of aliphatic hydroxyl groups is 1. The third kappa shape index (κ3) is 15.9. The number of aromatic nitrogens is 3. The van der Waals surface area contributed by atoms with E-state index >= 15 is 0 Å². The summed E-state index contributed by atoms with van der Waals surface area (Å²) >= 11 is 8.47. The van der Waals surface area contributed by atoms with Gasteiger partial charge in [0.15, 0.2) is 0 Å². The molecule has 0 aliphatic carbocycles. The number of rotatable bonds is 20. The molecule has 0 fully saturated rings. The Morgan fingerprint density at radius 3 is 2.32 bits per heavy atom. The van der Waals surface area contributed by atoms with E-state index in [4.69, 9.17) is 21.7 Å². The standard InChI is InChI=1S/C27H45N3O5S3/c1-6-7-8-9-10-11-12-13-14-15-16-37-26(36)38-27(4,5)25(33)35-19-22-17-30(29-28-22)18-23(31)20-34-24(32)21(2)3/h17,23,31H,2,6-16,18-20H2,1,3-5H3. The SMILES string of the molecule is C=C(C)C(=O)OCC(O)Cn1cc(COC(=O)C(C)(C)SC(=S)SCCCCCCCCCCCC)nn1. The second kappa shape index (κ2) is 19.6. The number of aliphatic hydroxyl groups excluding tert-OH is 1. The summed E-state index contributed by atoms with van der Waals surface area (Å²) in [6.45, 7) is 10.7. The number of hydrogen-bond acceptors (Lipinski definition) is 10. The molecule has 1 aromatic heterocycles. The van der Waals surface area contributed by atoms with Crippen LogP contribution in [-0.4, -0.2) is 58.8 Å². The van der Waals surface area contributed by atoms with Crippen molar-refractivity contribution in [2.75, 3.05) is 12.4 Å². The van der Waals surface area contributed by atoms with Crippen molar-refractivity contribution in [3.63, 3.8) is 0 Å². The summed E-state index contributed by atoms with van der Waals surface area (Å²) in [5, 5.41) is 17.9. The van der Waals surface area contributed by atoms with Crippen LogP contribution in [0.1, 0.15) is 97.6 Å². The van der Waals surface area contributed by atoms with Crippen LogP contribution in [0.4, 0.5) is 0 Å². The smallest absolute Gasteiger partial charge is 0.333 e. The molecule has 1 atom stereocenters. The van der Waals surface area contributed by atoms with Crippen LogP contribution in [0.5, 0.6) is 0 Å². The lowest BCUT2D eigenvalue weighted by atomic mass is 10.1. The first-order valence-electron chi connectivity index (χ1n) is 13.5. The minimum Gasteiger partial charge on any atom is -0.460 e. The van der Waals surface area contributed by atoms with Crippen LogP contribution >= 0.6 is 35.7 Å². The van der Waals surface area contributed by atoms with Gasteiger partial charge < -0.3 is 14.6 Å². The second-order valence-corrected chi connectivity index (χ2v) is 13.9. The molecule has 0 radical (unpaired) electrons. The Bertz CT molecular complexity index is 876. The van der Waals surface area contributed by atoms with Gasteiger partial charge >= 0.3 is 11.9 Å². The van der Waals surface area contributed by atoms with E-state index in [1.165, 1.54) is 81.2 Å². The van der Waals surface area contributed by atoms with E-state index < -0.39 is 16.8 Å². The highest BCUT2D eigenvalue weighted by Crippen LogP contribution is 2.32. The highest BCUT2D eigenvalue weighted by Gasteiger charge is 2.32. The summed E-state index contributed by atoms with van der Waals surface area (Å²) < 4.78 is 11.7. The highest BCUT2D eigenvalue weighted by atomic mass is 32.2. The Labute approximate surface area is 242 Å². The summed E-state index contributed by atoms with van der Waals surface area (Å²) in [4.78, 5) is 24.1. The van der Waals surface area contributed by atoms with Crippen LogP contribution in [0.25, 0.3) is 0 Å². The first kappa shape index (κ1) is 34.6. The Morgan fingerprint density at radius 2 is 1.71 bits per heavy atom. The van der Waals surface area contributed by atoms with Crippen molar-refractivity contribution in [2.24, 2.45) is 0 Å². The first-order chi connectivity index (χ1) is 18.0. The summed E-state index contributed by atoms with van der Waals surface area (Å²) in [6.07, 6.45) is 13.7. The van der Waals surface area contributed by atoms with Gasteiger partial charge in [-0.3, -0.25) is 4.79 Å². The van der Waals surface area contributed by atoms with Gasteiger partial charge in [-0.05, 0) is 32.9 Å². The fraction of sp³-hybridized carbons (Fsp3) is 0.741. The molecule has 0 amide bonds. The summed E-state index contributed by atoms with van der Waals surface area (Å²) in [5.41, 5.74) is 0.708. The normalized spacial score (nSPS) is 12.2. The van der Waals surface area contributed by atoms with Gasteiger partial charge in [0.25, 0.3) is 0 Å². The Hall–Kier alpha value is -1.43. The molecule has 216 valence electrons. The molecule has 0 saturated carbocycles. The molecule has 1 rings (SSSR count). The molecule has 0 aliphatic rings. The number of nitrogens with zero attached hydrogens (tertiary/aromatic N) is 3. The van der Waals surface area contributed by atoms with Gasteiger partial charge in [-0.1, -0.05) is 100 Å². The predicted molar refractivity (Wildman–Crippen MR) is 160 cm³/mol. The quantitative estimate of drug-likeness (QED) is 0.0814. The molecule has 1 N–H and O–H groups in total. The van der Waals surface area contributed by atoms with Crippen molar-refractivity contribution < 1.29 is 24.2 Å². The lowest BCUT2D eigenvalue weighted by Gasteiger charge is -2.21. The molecule has 0 bridgehead atoms. The van der Waals surface area contributed by atoms with E-state index in [1.54, 1.807) is 31.8 Å². The maximum absolute atomic E-state index is 12.7. The number of carbonyl (C=O) groups is 2. The Kier molecular flexibility index (Phi) is 17.8. The monoisotopic (exact) mass is 587 g/mol. The molecule has 0 aromatic carbocycles. The Balaban J connectivity index is 2.23. The van der Waals surface area contributed by atoms with Crippen LogP contribution in [0.2, 0.25) is 0 Å². The van der Waals surface area contributed by atoms with Crippen molar-refractivity contribution in [3.05, 3.63) is 24.0 Å². The number of hydrogen-bond donors (Lipinski definition) is 1. The van der Waals surface area contributed by atoms with Crippen LogP contribution in [-0.2, 0) is 32.2 Å². The maximum atomic E-state index is 12.7. The van der Waals surface area contributed by atoms with Crippen LogP contribution in [0.15, 0.2) is 18.3 Å². The van der Waals surface area contributed by atoms with Crippen molar-refractivity contribution >= 4 is 51.2 Å². The number of esters is 2. The molecule has 1 aromatic rings. The zero-order valence-electron chi connectivity index (χ0n) is 23.4. The van der Waals surface area contributed by atoms with Gasteiger partial charge in [0, 0.05) is 5.57 Å². The third-order valence-electron chi connectivity index (χ3n) is 5.64. The van der Waals surface area contributed by atoms with Gasteiger partial charge in [0.2, 0.25) is 0 Å². The molecular weight excluding hydrogens is 543 g/mol. The predicted octanol–water partition coefficient (Wildman–Crippen LogP) is 6.25. The van der Waals surface area contributed by atoms with E-state index in [0.717, 1.165) is 15.7 Å². The number of unbranched alkanes of at least 4 members (excludes halogenated alkanes) is 9. The number of carbonyl (C=O) groups excluding carboxylic acids is 2. The average molecular weight is 588 g/mol. The van der Waals surface area contributed by atoms with E-state index in [1.807, 2.05) is 0 Å². The second-order valence-electron chi connectivity index (χ2n) is 9.93. The summed E-state index contributed by atoms with van der Waals surface area (Å²) in [7, 11) is 0. The van der Waals surface area contributed by atoms with Crippen molar-refractivity contribution in [3.8, 4) is 0 Å². The Morgan fingerprint density at radius 1 is 1.11 bits per heavy atom. The maximum Gasteiger partial charge on any atom is 0.333 e. The zero-order chi connectivity index (χ0) is 28.4. The largest absolute Gasteiger partial charge is 0.460 e. The van der Waals surface area contributed by atoms with Gasteiger partial charge in [-0.2, -0.15) is 0 Å². The van der Waals surface area contributed by atoms with Crippen molar-refractivity contribution in [1.82, 2.24) is 15.0 Å². The number of thioether (sulfide) groups is 2. The molecule has 38 heavy (non-hydrogen) atoms. The molecule has 8 nitrogen and oxygen atoms in total. The average Bonchev–Trinajstić information content (AvgIpc) is 3.30. The minimum absolute atomic E-state index is 0.0396. The molecule has 0 spiro atoms. The summed E-state index contributed by atoms with van der Waals surface area (Å²) in [5.74, 6) is 0.0209. The number of thiocarbonyl (C=S) groups is 1. The van der Waals surface area contributed by atoms with Crippen molar-refractivity contribution in [1.29, 1.82) is 0 Å². The van der Waals surface area contributed by atoms with Gasteiger partial charge in [-0.15, -0.1) is 16.9 Å². The molecular formula is C27H45N3O5S3. The van der Waals surface area contributed by atoms with Gasteiger partial charge in [0.1, 0.15) is 33.3 Å². The molecule has 1 unspecified atom stereocenters. The molecule has 1 heterocycles. The van der Waals surface area contributed by atoms with Crippen LogP contribution in [0, 0.1) is 0 Å². The lowest BCUT2D eigenvalue weighted by Crippen LogP contribution is -2.31. The van der Waals surface area contributed by atoms with Crippen LogP contribution in [0.3, 0.4) is 0 Å². The van der Waals surface area contributed by atoms with Crippen molar-refractivity contribution in [2.45, 2.75) is 116 Å².